The Morgan fingerprint density at radius 2 is 1.75 bits per heavy atom. The Balaban J connectivity index is 2.48. The summed E-state index contributed by atoms with van der Waals surface area (Å²) in [5, 5.41) is 4.03. The van der Waals surface area contributed by atoms with Gasteiger partial charge in [0, 0.05) is 28.2 Å². The number of unbranched alkanes of at least 4 members (excludes halogenated alkanes) is 1. The zero-order valence-electron chi connectivity index (χ0n) is 20.9. The molecule has 0 aliphatic heterocycles. The number of benzene rings is 2. The third kappa shape index (κ3) is 8.00. The molecule has 0 saturated heterocycles. The molecule has 36 heavy (non-hydrogen) atoms. The van der Waals surface area contributed by atoms with Gasteiger partial charge in [0.1, 0.15) is 12.6 Å². The average Bonchev–Trinajstić information content (AvgIpc) is 2.80. The summed E-state index contributed by atoms with van der Waals surface area (Å²) < 4.78 is 26.5. The predicted octanol–water partition coefficient (Wildman–Crippen LogP) is 5.44. The number of anilines is 1. The van der Waals surface area contributed by atoms with Crippen molar-refractivity contribution in [2.45, 2.75) is 52.6 Å². The van der Waals surface area contributed by atoms with Crippen LogP contribution in [0.4, 0.5) is 5.69 Å². The normalized spacial score (nSPS) is 12.2. The second-order valence-corrected chi connectivity index (χ2v) is 11.6. The van der Waals surface area contributed by atoms with Crippen LogP contribution in [0.15, 0.2) is 36.4 Å². The molecule has 0 aromatic heterocycles. The number of carbonyl (C=O) groups excluding carboxylic acids is 2. The van der Waals surface area contributed by atoms with Gasteiger partial charge in [-0.05, 0) is 55.2 Å². The van der Waals surface area contributed by atoms with Crippen LogP contribution < -0.4 is 9.62 Å². The van der Waals surface area contributed by atoms with Crippen LogP contribution in [0.2, 0.25) is 15.1 Å². The first kappa shape index (κ1) is 30.2. The van der Waals surface area contributed by atoms with Crippen molar-refractivity contribution in [2.75, 3.05) is 23.7 Å². The van der Waals surface area contributed by atoms with Crippen molar-refractivity contribution < 1.29 is 18.0 Å². The van der Waals surface area contributed by atoms with E-state index in [2.05, 4.69) is 5.32 Å². The maximum atomic E-state index is 13.7. The molecular formula is C25H32Cl3N3O4S. The number of rotatable bonds is 12. The highest BCUT2D eigenvalue weighted by molar-refractivity contribution is 7.92. The third-order valence-electron chi connectivity index (χ3n) is 5.76. The first-order chi connectivity index (χ1) is 16.9. The highest BCUT2D eigenvalue weighted by atomic mass is 35.5. The van der Waals surface area contributed by atoms with Crippen LogP contribution in [-0.2, 0) is 26.2 Å². The number of nitrogens with one attached hydrogen (secondary N) is 1. The molecule has 0 bridgehead atoms. The fraction of sp³-hybridized carbons (Fsp3) is 0.440. The molecule has 1 unspecified atom stereocenters. The molecule has 2 aromatic carbocycles. The lowest BCUT2D eigenvalue weighted by Gasteiger charge is -2.33. The van der Waals surface area contributed by atoms with Gasteiger partial charge in [0.25, 0.3) is 0 Å². The van der Waals surface area contributed by atoms with Gasteiger partial charge in [0.15, 0.2) is 0 Å². The summed E-state index contributed by atoms with van der Waals surface area (Å²) in [6.45, 7) is 5.46. The molecule has 1 N–H and O–H groups in total. The molecule has 0 heterocycles. The molecule has 2 amide bonds. The molecule has 0 fully saturated rings. The lowest BCUT2D eigenvalue weighted by Crippen LogP contribution is -2.52. The van der Waals surface area contributed by atoms with Crippen LogP contribution in [0.3, 0.4) is 0 Å². The third-order valence-corrected chi connectivity index (χ3v) is 7.88. The minimum Gasteiger partial charge on any atom is -0.354 e. The molecule has 0 saturated carbocycles. The van der Waals surface area contributed by atoms with E-state index < -0.39 is 28.5 Å². The van der Waals surface area contributed by atoms with E-state index in [0.29, 0.717) is 44.8 Å². The highest BCUT2D eigenvalue weighted by Gasteiger charge is 2.32. The van der Waals surface area contributed by atoms with Gasteiger partial charge in [-0.1, -0.05) is 67.2 Å². The number of hydrogen-bond donors (Lipinski definition) is 1. The maximum absolute atomic E-state index is 13.7. The topological polar surface area (TPSA) is 86.8 Å². The summed E-state index contributed by atoms with van der Waals surface area (Å²) in [5.74, 6) is -0.863. The van der Waals surface area contributed by atoms with Crippen molar-refractivity contribution in [3.8, 4) is 0 Å². The van der Waals surface area contributed by atoms with Crippen LogP contribution in [-0.4, -0.2) is 50.5 Å². The molecule has 0 spiro atoms. The molecular weight excluding hydrogens is 545 g/mol. The largest absolute Gasteiger partial charge is 0.354 e. The SMILES string of the molecule is CCCCNC(=O)C(CC)N(Cc1ccc(Cl)cc1Cl)C(=O)CN(c1cccc(Cl)c1C)S(C)(=O)=O. The van der Waals surface area contributed by atoms with Crippen LogP contribution in [0.1, 0.15) is 44.2 Å². The highest BCUT2D eigenvalue weighted by Crippen LogP contribution is 2.29. The van der Waals surface area contributed by atoms with Crippen molar-refractivity contribution in [2.24, 2.45) is 0 Å². The van der Waals surface area contributed by atoms with Crippen LogP contribution in [0, 0.1) is 6.92 Å². The molecule has 198 valence electrons. The Labute approximate surface area is 228 Å². The van der Waals surface area contributed by atoms with E-state index in [9.17, 15) is 18.0 Å². The van der Waals surface area contributed by atoms with Crippen molar-refractivity contribution in [3.05, 3.63) is 62.6 Å². The predicted molar refractivity (Wildman–Crippen MR) is 147 cm³/mol. The van der Waals surface area contributed by atoms with Crippen molar-refractivity contribution in [1.82, 2.24) is 10.2 Å². The van der Waals surface area contributed by atoms with Crippen molar-refractivity contribution in [3.63, 3.8) is 0 Å². The van der Waals surface area contributed by atoms with Crippen LogP contribution in [0.5, 0.6) is 0 Å². The van der Waals surface area contributed by atoms with Gasteiger partial charge in [0.2, 0.25) is 21.8 Å². The van der Waals surface area contributed by atoms with E-state index in [0.717, 1.165) is 23.4 Å². The molecule has 11 heteroatoms. The zero-order valence-corrected chi connectivity index (χ0v) is 23.9. The number of sulfonamides is 1. The zero-order chi connectivity index (χ0) is 27.0. The van der Waals surface area contributed by atoms with Gasteiger partial charge in [-0.2, -0.15) is 0 Å². The summed E-state index contributed by atoms with van der Waals surface area (Å²) in [7, 11) is -3.86. The lowest BCUT2D eigenvalue weighted by molar-refractivity contribution is -0.140. The standard InChI is InChI=1S/C25H32Cl3N3O4S/c1-5-7-13-29-25(33)22(6-2)30(15-18-11-12-19(26)14-21(18)28)24(32)16-31(36(4,34)35)23-10-8-9-20(27)17(23)3/h8-12,14,22H,5-7,13,15-16H2,1-4H3,(H,29,33). The first-order valence-electron chi connectivity index (χ1n) is 11.6. The summed E-state index contributed by atoms with van der Waals surface area (Å²) in [5.41, 5.74) is 1.40. The Morgan fingerprint density at radius 1 is 1.06 bits per heavy atom. The minimum absolute atomic E-state index is 0.000665. The van der Waals surface area contributed by atoms with Gasteiger partial charge in [0.05, 0.1) is 11.9 Å². The monoisotopic (exact) mass is 575 g/mol. The molecule has 0 aliphatic carbocycles. The molecule has 7 nitrogen and oxygen atoms in total. The van der Waals surface area contributed by atoms with E-state index in [1.54, 1.807) is 50.2 Å². The number of carbonyl (C=O) groups is 2. The molecule has 2 aromatic rings. The minimum atomic E-state index is -3.86. The van der Waals surface area contributed by atoms with E-state index >= 15 is 0 Å². The van der Waals surface area contributed by atoms with Gasteiger partial charge < -0.3 is 10.2 Å². The summed E-state index contributed by atoms with van der Waals surface area (Å²) in [4.78, 5) is 28.2. The molecule has 0 aliphatic rings. The summed E-state index contributed by atoms with van der Waals surface area (Å²) >= 11 is 18.6. The number of nitrogens with zero attached hydrogens (tertiary/aromatic N) is 2. The summed E-state index contributed by atoms with van der Waals surface area (Å²) in [6, 6.07) is 8.91. The van der Waals surface area contributed by atoms with Gasteiger partial charge in [-0.3, -0.25) is 13.9 Å². The summed E-state index contributed by atoms with van der Waals surface area (Å²) in [6.07, 6.45) is 3.05. The smallest absolute Gasteiger partial charge is 0.244 e. The number of halogens is 3. The maximum Gasteiger partial charge on any atom is 0.244 e. The Hall–Kier alpha value is -2.00. The Bertz CT molecular complexity index is 1190. The van der Waals surface area contributed by atoms with E-state index in [4.69, 9.17) is 34.8 Å². The lowest BCUT2D eigenvalue weighted by atomic mass is 10.1. The van der Waals surface area contributed by atoms with Crippen molar-refractivity contribution >= 4 is 62.3 Å². The van der Waals surface area contributed by atoms with E-state index in [-0.39, 0.29) is 12.5 Å². The molecule has 2 rings (SSSR count). The van der Waals surface area contributed by atoms with Crippen LogP contribution in [0.25, 0.3) is 0 Å². The van der Waals surface area contributed by atoms with Gasteiger partial charge in [-0.15, -0.1) is 0 Å². The van der Waals surface area contributed by atoms with Gasteiger partial charge >= 0.3 is 0 Å². The number of hydrogen-bond acceptors (Lipinski definition) is 4. The van der Waals surface area contributed by atoms with Crippen LogP contribution >= 0.6 is 34.8 Å². The Kier molecular flexibility index (Phi) is 11.3. The van der Waals surface area contributed by atoms with E-state index in [1.807, 2.05) is 6.92 Å². The average molecular weight is 577 g/mol. The van der Waals surface area contributed by atoms with Crippen molar-refractivity contribution in [1.29, 1.82) is 0 Å². The second kappa shape index (κ2) is 13.5. The number of amides is 2. The first-order valence-corrected chi connectivity index (χ1v) is 14.6. The molecule has 1 atom stereocenters. The fourth-order valence-corrected chi connectivity index (χ4v) is 5.26. The second-order valence-electron chi connectivity index (χ2n) is 8.48. The fourth-order valence-electron chi connectivity index (χ4n) is 3.72. The van der Waals surface area contributed by atoms with E-state index in [1.165, 1.54) is 4.90 Å². The Morgan fingerprint density at radius 3 is 2.33 bits per heavy atom. The molecule has 0 radical (unpaired) electrons. The quantitative estimate of drug-likeness (QED) is 0.341. The van der Waals surface area contributed by atoms with Gasteiger partial charge in [-0.25, -0.2) is 8.42 Å².